The average molecular weight is 195 g/mol. The van der Waals surface area contributed by atoms with Crippen LogP contribution in [-0.4, -0.2) is 16.7 Å². The van der Waals surface area contributed by atoms with E-state index in [2.05, 4.69) is 16.2 Å². The molecule has 1 atom stereocenters. The number of nitrogens with zero attached hydrogens (tertiary/aromatic N) is 3. The summed E-state index contributed by atoms with van der Waals surface area (Å²) in [5.74, 6) is 0.927. The third-order valence-electron chi connectivity index (χ3n) is 1.65. The van der Waals surface area contributed by atoms with Crippen LogP contribution in [0.15, 0.2) is 4.52 Å². The average Bonchev–Trinajstić information content (AvgIpc) is 2.62. The Labute approximate surface area is 82.7 Å². The lowest BCUT2D eigenvalue weighted by Gasteiger charge is -1.94. The van der Waals surface area contributed by atoms with Crippen LogP contribution in [0, 0.1) is 17.2 Å². The van der Waals surface area contributed by atoms with Gasteiger partial charge in [-0.25, -0.2) is 0 Å². The van der Waals surface area contributed by atoms with Gasteiger partial charge in [-0.15, -0.1) is 0 Å². The summed E-state index contributed by atoms with van der Waals surface area (Å²) in [6.07, 6.45) is 0.496. The first-order chi connectivity index (χ1) is 6.76. The summed E-state index contributed by atoms with van der Waals surface area (Å²) in [7, 11) is 0. The van der Waals surface area contributed by atoms with Gasteiger partial charge in [0, 0.05) is 13.0 Å². The fraction of sp³-hybridized carbons (Fsp3) is 0.667. The van der Waals surface area contributed by atoms with Crippen molar-refractivity contribution in [3.8, 4) is 6.07 Å². The highest BCUT2D eigenvalue weighted by atomic mass is 16.5. The summed E-state index contributed by atoms with van der Waals surface area (Å²) in [4.78, 5) is 4.08. The molecular weight excluding hydrogens is 182 g/mol. The highest BCUT2D eigenvalue weighted by molar-refractivity contribution is 4.91. The molecule has 0 bridgehead atoms. The first-order valence-corrected chi connectivity index (χ1v) is 4.55. The lowest BCUT2D eigenvalue weighted by atomic mass is 10.1. The van der Waals surface area contributed by atoms with E-state index in [4.69, 9.17) is 14.5 Å². The molecule has 0 aliphatic carbocycles. The Balaban J connectivity index is 2.47. The van der Waals surface area contributed by atoms with Gasteiger partial charge in [0.25, 0.3) is 0 Å². The zero-order chi connectivity index (χ0) is 10.4. The van der Waals surface area contributed by atoms with Crippen LogP contribution in [0.3, 0.4) is 0 Å². The highest BCUT2D eigenvalue weighted by Gasteiger charge is 2.09. The zero-order valence-electron chi connectivity index (χ0n) is 8.36. The molecule has 0 saturated carbocycles. The number of hydrogen-bond donors (Lipinski definition) is 0. The molecule has 1 unspecified atom stereocenters. The van der Waals surface area contributed by atoms with Gasteiger partial charge < -0.3 is 9.26 Å². The van der Waals surface area contributed by atoms with Gasteiger partial charge >= 0.3 is 0 Å². The van der Waals surface area contributed by atoms with Crippen molar-refractivity contribution in [3.05, 3.63) is 11.7 Å². The zero-order valence-corrected chi connectivity index (χ0v) is 8.36. The number of hydrogen-bond acceptors (Lipinski definition) is 5. The summed E-state index contributed by atoms with van der Waals surface area (Å²) in [5, 5.41) is 12.3. The maximum absolute atomic E-state index is 8.58. The first-order valence-electron chi connectivity index (χ1n) is 4.55. The summed E-state index contributed by atoms with van der Waals surface area (Å²) in [5.41, 5.74) is 0. The molecule has 0 aliphatic rings. The second-order valence-corrected chi connectivity index (χ2v) is 2.98. The molecular formula is C9H13N3O2. The normalized spacial score (nSPS) is 12.4. The van der Waals surface area contributed by atoms with Crippen LogP contribution >= 0.6 is 0 Å². The van der Waals surface area contributed by atoms with E-state index < -0.39 is 0 Å². The van der Waals surface area contributed by atoms with E-state index in [9.17, 15) is 0 Å². The third kappa shape index (κ3) is 3.15. The van der Waals surface area contributed by atoms with E-state index in [-0.39, 0.29) is 5.92 Å². The minimum atomic E-state index is -0.101. The van der Waals surface area contributed by atoms with Gasteiger partial charge in [0.05, 0.1) is 12.0 Å². The van der Waals surface area contributed by atoms with Gasteiger partial charge in [-0.05, 0) is 13.8 Å². The van der Waals surface area contributed by atoms with E-state index in [1.165, 1.54) is 0 Å². The number of ether oxygens (including phenoxy) is 1. The van der Waals surface area contributed by atoms with Crippen molar-refractivity contribution in [3.63, 3.8) is 0 Å². The third-order valence-corrected chi connectivity index (χ3v) is 1.65. The van der Waals surface area contributed by atoms with Crippen molar-refractivity contribution in [2.45, 2.75) is 26.9 Å². The lowest BCUT2D eigenvalue weighted by molar-refractivity contribution is 0.126. The van der Waals surface area contributed by atoms with E-state index in [1.54, 1.807) is 0 Å². The Morgan fingerprint density at radius 2 is 2.43 bits per heavy atom. The van der Waals surface area contributed by atoms with Gasteiger partial charge in [0.1, 0.15) is 6.61 Å². The Bertz CT molecular complexity index is 316. The molecule has 0 fully saturated rings. The van der Waals surface area contributed by atoms with Crippen molar-refractivity contribution in [2.75, 3.05) is 6.61 Å². The van der Waals surface area contributed by atoms with Crippen molar-refractivity contribution < 1.29 is 9.26 Å². The second-order valence-electron chi connectivity index (χ2n) is 2.98. The molecule has 0 amide bonds. The molecule has 0 aromatic carbocycles. The maximum atomic E-state index is 8.58. The van der Waals surface area contributed by atoms with Gasteiger partial charge in [-0.2, -0.15) is 10.2 Å². The largest absolute Gasteiger partial charge is 0.374 e. The molecule has 5 heteroatoms. The van der Waals surface area contributed by atoms with Gasteiger partial charge in [0.2, 0.25) is 5.89 Å². The Morgan fingerprint density at radius 1 is 1.64 bits per heavy atom. The molecule has 1 heterocycles. The number of rotatable bonds is 5. The molecule has 0 saturated heterocycles. The van der Waals surface area contributed by atoms with Crippen molar-refractivity contribution in [1.29, 1.82) is 5.26 Å². The molecule has 1 rings (SSSR count). The molecule has 76 valence electrons. The predicted octanol–water partition coefficient (Wildman–Crippen LogP) is 1.31. The second kappa shape index (κ2) is 5.35. The Kier molecular flexibility index (Phi) is 4.08. The highest BCUT2D eigenvalue weighted by Crippen LogP contribution is 2.05. The van der Waals surface area contributed by atoms with E-state index in [0.717, 1.165) is 0 Å². The number of aromatic nitrogens is 2. The monoisotopic (exact) mass is 195 g/mol. The minimum Gasteiger partial charge on any atom is -0.374 e. The quantitative estimate of drug-likeness (QED) is 0.708. The molecule has 5 nitrogen and oxygen atoms in total. The van der Waals surface area contributed by atoms with Crippen LogP contribution in [0.1, 0.15) is 25.6 Å². The molecule has 1 aromatic heterocycles. The van der Waals surface area contributed by atoms with Crippen molar-refractivity contribution in [2.24, 2.45) is 5.92 Å². The summed E-state index contributed by atoms with van der Waals surface area (Å²) in [6, 6.07) is 2.11. The van der Waals surface area contributed by atoms with Gasteiger partial charge in [-0.1, -0.05) is 5.16 Å². The Hall–Kier alpha value is -1.41. The summed E-state index contributed by atoms with van der Waals surface area (Å²) in [6.45, 7) is 4.70. The number of nitriles is 1. The van der Waals surface area contributed by atoms with E-state index >= 15 is 0 Å². The van der Waals surface area contributed by atoms with Crippen LogP contribution in [-0.2, 0) is 17.8 Å². The van der Waals surface area contributed by atoms with E-state index in [1.807, 2.05) is 13.8 Å². The summed E-state index contributed by atoms with van der Waals surface area (Å²) < 4.78 is 10.1. The summed E-state index contributed by atoms with van der Waals surface area (Å²) >= 11 is 0. The topological polar surface area (TPSA) is 71.9 Å². The minimum absolute atomic E-state index is 0.101. The fourth-order valence-electron chi connectivity index (χ4n) is 0.933. The molecule has 0 spiro atoms. The van der Waals surface area contributed by atoms with Gasteiger partial charge in [0.15, 0.2) is 5.82 Å². The van der Waals surface area contributed by atoms with Gasteiger partial charge in [-0.3, -0.25) is 0 Å². The van der Waals surface area contributed by atoms with Crippen LogP contribution in [0.25, 0.3) is 0 Å². The first kappa shape index (κ1) is 10.7. The lowest BCUT2D eigenvalue weighted by Crippen LogP contribution is -1.97. The van der Waals surface area contributed by atoms with Crippen LogP contribution in [0.2, 0.25) is 0 Å². The maximum Gasteiger partial charge on any atom is 0.228 e. The molecule has 1 aromatic rings. The van der Waals surface area contributed by atoms with Crippen LogP contribution in [0.4, 0.5) is 0 Å². The van der Waals surface area contributed by atoms with E-state index in [0.29, 0.717) is 31.3 Å². The molecule has 0 aliphatic heterocycles. The molecule has 0 N–H and O–H groups in total. The predicted molar refractivity (Wildman–Crippen MR) is 48.1 cm³/mol. The standard InChI is InChI=1S/C9H13N3O2/c1-3-13-6-8-11-9(14-12-8)4-7(2)5-10/h7H,3-4,6H2,1-2H3. The SMILES string of the molecule is CCOCc1noc(CC(C)C#N)n1. The Morgan fingerprint density at radius 3 is 3.07 bits per heavy atom. The van der Waals surface area contributed by atoms with Crippen LogP contribution in [0.5, 0.6) is 0 Å². The van der Waals surface area contributed by atoms with Crippen LogP contribution < -0.4 is 0 Å². The van der Waals surface area contributed by atoms with Crippen molar-refractivity contribution in [1.82, 2.24) is 10.1 Å². The molecule has 14 heavy (non-hydrogen) atoms. The smallest absolute Gasteiger partial charge is 0.228 e. The molecule has 0 radical (unpaired) electrons. The van der Waals surface area contributed by atoms with Crippen molar-refractivity contribution >= 4 is 0 Å². The fourth-order valence-corrected chi connectivity index (χ4v) is 0.933.